The molecular weight excluding hydrogens is 314 g/mol. The van der Waals surface area contributed by atoms with Crippen molar-refractivity contribution in [2.24, 2.45) is 11.1 Å². The summed E-state index contributed by atoms with van der Waals surface area (Å²) in [5.74, 6) is 1.26. The van der Waals surface area contributed by atoms with Crippen LogP contribution in [0.1, 0.15) is 44.0 Å². The van der Waals surface area contributed by atoms with Crippen molar-refractivity contribution in [3.63, 3.8) is 0 Å². The van der Waals surface area contributed by atoms with Crippen LogP contribution in [-0.2, 0) is 6.42 Å². The number of nitrogens with two attached hydrogens (primary N) is 1. The van der Waals surface area contributed by atoms with Crippen molar-refractivity contribution in [1.82, 2.24) is 9.55 Å². The lowest BCUT2D eigenvalue weighted by atomic mass is 9.66. The summed E-state index contributed by atoms with van der Waals surface area (Å²) in [7, 11) is 0. The van der Waals surface area contributed by atoms with E-state index < -0.39 is 0 Å². The van der Waals surface area contributed by atoms with Crippen LogP contribution in [0.3, 0.4) is 0 Å². The summed E-state index contributed by atoms with van der Waals surface area (Å²) in [5.41, 5.74) is 8.76. The Bertz CT molecular complexity index is 648. The molecule has 0 amide bonds. The summed E-state index contributed by atoms with van der Waals surface area (Å²) in [6, 6.07) is 7.12. The Hall–Kier alpha value is -0.870. The smallest absolute Gasteiger partial charge is 0.110 e. The largest absolute Gasteiger partial charge is 0.330 e. The van der Waals surface area contributed by atoms with Crippen molar-refractivity contribution in [3.05, 3.63) is 28.5 Å². The predicted octanol–water partition coefficient (Wildman–Crippen LogP) is 3.81. The zero-order valence-electron chi connectivity index (χ0n) is 11.6. The summed E-state index contributed by atoms with van der Waals surface area (Å²) < 4.78 is 3.59. The molecule has 2 saturated carbocycles. The highest BCUT2D eigenvalue weighted by Gasteiger charge is 2.38. The fraction of sp³-hybridized carbons (Fsp3) is 0.562. The lowest BCUT2D eigenvalue weighted by Crippen LogP contribution is -2.39. The van der Waals surface area contributed by atoms with E-state index in [0.29, 0.717) is 11.5 Å². The average Bonchev–Trinajstić information content (AvgIpc) is 3.16. The molecule has 4 rings (SSSR count). The third kappa shape index (κ3) is 2.01. The second-order valence-electron chi connectivity index (χ2n) is 6.50. The maximum Gasteiger partial charge on any atom is 0.110 e. The van der Waals surface area contributed by atoms with Gasteiger partial charge in [-0.05, 0) is 55.8 Å². The first-order valence-corrected chi connectivity index (χ1v) is 8.37. The number of imidazole rings is 1. The van der Waals surface area contributed by atoms with Crippen LogP contribution in [0.4, 0.5) is 0 Å². The van der Waals surface area contributed by atoms with Crippen molar-refractivity contribution in [2.75, 3.05) is 6.54 Å². The van der Waals surface area contributed by atoms with E-state index in [2.05, 4.69) is 38.7 Å². The zero-order valence-corrected chi connectivity index (χ0v) is 13.2. The Balaban J connectivity index is 1.79. The van der Waals surface area contributed by atoms with Crippen LogP contribution in [0.15, 0.2) is 22.7 Å². The Morgan fingerprint density at radius 2 is 2.15 bits per heavy atom. The molecule has 3 nitrogen and oxygen atoms in total. The topological polar surface area (TPSA) is 43.8 Å². The molecular formula is C16H20BrN3. The second kappa shape index (κ2) is 4.57. The molecule has 0 unspecified atom stereocenters. The number of rotatable bonds is 4. The molecule has 0 radical (unpaired) electrons. The molecule has 1 aromatic carbocycles. The van der Waals surface area contributed by atoms with Gasteiger partial charge in [-0.3, -0.25) is 0 Å². The summed E-state index contributed by atoms with van der Waals surface area (Å²) in [5, 5.41) is 0. The van der Waals surface area contributed by atoms with Gasteiger partial charge in [0, 0.05) is 16.9 Å². The molecule has 2 fully saturated rings. The fourth-order valence-corrected chi connectivity index (χ4v) is 3.80. The molecule has 106 valence electrons. The van der Waals surface area contributed by atoms with E-state index in [-0.39, 0.29) is 0 Å². The second-order valence-corrected chi connectivity index (χ2v) is 7.41. The molecule has 20 heavy (non-hydrogen) atoms. The van der Waals surface area contributed by atoms with E-state index >= 15 is 0 Å². The van der Waals surface area contributed by atoms with Crippen LogP contribution < -0.4 is 5.73 Å². The Morgan fingerprint density at radius 3 is 2.75 bits per heavy atom. The summed E-state index contributed by atoms with van der Waals surface area (Å²) in [4.78, 5) is 4.93. The van der Waals surface area contributed by atoms with E-state index in [9.17, 15) is 0 Å². The maximum atomic E-state index is 6.03. The minimum absolute atomic E-state index is 0.325. The molecule has 0 saturated heterocycles. The van der Waals surface area contributed by atoms with Gasteiger partial charge in [0.05, 0.1) is 11.0 Å². The van der Waals surface area contributed by atoms with Gasteiger partial charge >= 0.3 is 0 Å². The lowest BCUT2D eigenvalue weighted by Gasteiger charge is -2.40. The van der Waals surface area contributed by atoms with Gasteiger partial charge in [0.1, 0.15) is 5.82 Å². The summed E-state index contributed by atoms with van der Waals surface area (Å²) in [6.07, 6.45) is 7.50. The van der Waals surface area contributed by atoms with Crippen LogP contribution in [-0.4, -0.2) is 16.1 Å². The lowest BCUT2D eigenvalue weighted by molar-refractivity contribution is 0.140. The normalized spacial score (nSPS) is 21.1. The first-order valence-electron chi connectivity index (χ1n) is 7.57. The first kappa shape index (κ1) is 12.8. The van der Waals surface area contributed by atoms with Gasteiger partial charge in [0.25, 0.3) is 0 Å². The Labute approximate surface area is 127 Å². The van der Waals surface area contributed by atoms with Crippen molar-refractivity contribution in [2.45, 2.75) is 44.6 Å². The average molecular weight is 334 g/mol. The molecule has 2 aromatic rings. The van der Waals surface area contributed by atoms with Crippen LogP contribution in [0.25, 0.3) is 11.0 Å². The molecule has 0 bridgehead atoms. The maximum absolute atomic E-state index is 6.03. The highest BCUT2D eigenvalue weighted by atomic mass is 79.9. The van der Waals surface area contributed by atoms with Crippen LogP contribution >= 0.6 is 15.9 Å². The van der Waals surface area contributed by atoms with Gasteiger partial charge in [-0.2, -0.15) is 0 Å². The van der Waals surface area contributed by atoms with E-state index in [4.69, 9.17) is 10.7 Å². The fourth-order valence-electron chi connectivity index (χ4n) is 3.45. The van der Waals surface area contributed by atoms with E-state index in [1.54, 1.807) is 0 Å². The number of hydrogen-bond acceptors (Lipinski definition) is 2. The summed E-state index contributed by atoms with van der Waals surface area (Å²) >= 11 is 3.55. The van der Waals surface area contributed by atoms with Crippen molar-refractivity contribution < 1.29 is 0 Å². The minimum Gasteiger partial charge on any atom is -0.330 e. The monoisotopic (exact) mass is 333 g/mol. The van der Waals surface area contributed by atoms with Gasteiger partial charge < -0.3 is 10.3 Å². The molecule has 0 aliphatic heterocycles. The molecule has 0 spiro atoms. The van der Waals surface area contributed by atoms with Gasteiger partial charge in [0.2, 0.25) is 0 Å². The van der Waals surface area contributed by atoms with Crippen LogP contribution in [0.2, 0.25) is 0 Å². The number of benzene rings is 1. The highest BCUT2D eigenvalue weighted by molar-refractivity contribution is 9.10. The van der Waals surface area contributed by atoms with Crippen molar-refractivity contribution >= 4 is 27.0 Å². The number of hydrogen-bond donors (Lipinski definition) is 1. The van der Waals surface area contributed by atoms with Gasteiger partial charge in [-0.1, -0.05) is 22.4 Å². The zero-order chi connectivity index (χ0) is 13.7. The number of fused-ring (bicyclic) bond motifs is 1. The van der Waals surface area contributed by atoms with E-state index in [1.807, 2.05) is 0 Å². The summed E-state index contributed by atoms with van der Waals surface area (Å²) in [6.45, 7) is 0.796. The minimum atomic E-state index is 0.325. The van der Waals surface area contributed by atoms with Crippen molar-refractivity contribution in [3.8, 4) is 0 Å². The number of aromatic nitrogens is 2. The molecule has 1 aromatic heterocycles. The molecule has 1 heterocycles. The molecule has 2 N–H and O–H groups in total. The standard InChI is InChI=1S/C16H20BrN3/c17-11-2-5-14-13(8-11)19-15(20(14)12-3-4-12)9-16(10-18)6-1-7-16/h2,5,8,12H,1,3-4,6-7,9-10,18H2. The van der Waals surface area contributed by atoms with Gasteiger partial charge in [0.15, 0.2) is 0 Å². The van der Waals surface area contributed by atoms with E-state index in [1.165, 1.54) is 43.4 Å². The van der Waals surface area contributed by atoms with Gasteiger partial charge in [-0.15, -0.1) is 0 Å². The number of halogens is 1. The quantitative estimate of drug-likeness (QED) is 0.924. The predicted molar refractivity (Wildman–Crippen MR) is 84.7 cm³/mol. The molecule has 2 aliphatic rings. The number of nitrogens with zero attached hydrogens (tertiary/aromatic N) is 2. The van der Waals surface area contributed by atoms with Gasteiger partial charge in [-0.25, -0.2) is 4.98 Å². The highest BCUT2D eigenvalue weighted by Crippen LogP contribution is 2.45. The van der Waals surface area contributed by atoms with Crippen LogP contribution in [0, 0.1) is 5.41 Å². The molecule has 4 heteroatoms. The van der Waals surface area contributed by atoms with E-state index in [0.717, 1.165) is 23.0 Å². The molecule has 2 aliphatic carbocycles. The molecule has 0 atom stereocenters. The van der Waals surface area contributed by atoms with Crippen molar-refractivity contribution in [1.29, 1.82) is 0 Å². The third-order valence-electron chi connectivity index (χ3n) is 5.02. The Kier molecular flexibility index (Phi) is 2.93. The Morgan fingerprint density at radius 1 is 1.35 bits per heavy atom. The SMILES string of the molecule is NCC1(Cc2nc3cc(Br)ccc3n2C2CC2)CCC1. The first-order chi connectivity index (χ1) is 9.71. The van der Waals surface area contributed by atoms with Crippen LogP contribution in [0.5, 0.6) is 0 Å². The third-order valence-corrected chi connectivity index (χ3v) is 5.51.